The molecule has 2 rings (SSSR count). The van der Waals surface area contributed by atoms with Crippen molar-refractivity contribution in [2.75, 3.05) is 26.9 Å². The molecule has 0 fully saturated rings. The van der Waals surface area contributed by atoms with Crippen molar-refractivity contribution in [1.82, 2.24) is 10.2 Å². The smallest absolute Gasteiger partial charge is 0.243 e. The normalized spacial score (nSPS) is 11.8. The maximum absolute atomic E-state index is 13.3. The first kappa shape index (κ1) is 25.4. The van der Waals surface area contributed by atoms with E-state index in [-0.39, 0.29) is 17.7 Å². The highest BCUT2D eigenvalue weighted by Crippen LogP contribution is 2.19. The van der Waals surface area contributed by atoms with Gasteiger partial charge in [-0.1, -0.05) is 56.3 Å². The van der Waals surface area contributed by atoms with Crippen LogP contribution in [0.5, 0.6) is 5.75 Å². The van der Waals surface area contributed by atoms with Crippen molar-refractivity contribution in [1.29, 1.82) is 0 Å². The zero-order chi connectivity index (χ0) is 23.3. The van der Waals surface area contributed by atoms with E-state index >= 15 is 0 Å². The van der Waals surface area contributed by atoms with Crippen LogP contribution >= 0.6 is 0 Å². The third kappa shape index (κ3) is 8.00. The summed E-state index contributed by atoms with van der Waals surface area (Å²) in [5.74, 6) is 0.333. The zero-order valence-electron chi connectivity index (χ0n) is 19.7. The van der Waals surface area contributed by atoms with E-state index < -0.39 is 6.04 Å². The molecule has 6 nitrogen and oxygen atoms in total. The fourth-order valence-corrected chi connectivity index (χ4v) is 3.43. The van der Waals surface area contributed by atoms with Crippen LogP contribution in [0.15, 0.2) is 54.6 Å². The van der Waals surface area contributed by atoms with Gasteiger partial charge < -0.3 is 19.7 Å². The van der Waals surface area contributed by atoms with Crippen LogP contribution in [0.25, 0.3) is 0 Å². The Bertz CT molecular complexity index is 821. The Kier molecular flexibility index (Phi) is 10.7. The van der Waals surface area contributed by atoms with Gasteiger partial charge in [0.1, 0.15) is 11.8 Å². The molecule has 2 aromatic rings. The Balaban J connectivity index is 2.26. The fraction of sp³-hybridized carbons (Fsp3) is 0.462. The van der Waals surface area contributed by atoms with Crippen molar-refractivity contribution in [3.63, 3.8) is 0 Å². The van der Waals surface area contributed by atoms with Crippen molar-refractivity contribution in [2.24, 2.45) is 5.92 Å². The second-order valence-electron chi connectivity index (χ2n) is 8.02. The van der Waals surface area contributed by atoms with E-state index in [0.717, 1.165) is 23.3 Å². The third-order valence-electron chi connectivity index (χ3n) is 5.21. The molecule has 0 saturated carbocycles. The minimum Gasteiger partial charge on any atom is -0.497 e. The summed E-state index contributed by atoms with van der Waals surface area (Å²) in [6, 6.07) is 16.8. The van der Waals surface area contributed by atoms with Crippen LogP contribution in [0.3, 0.4) is 0 Å². The summed E-state index contributed by atoms with van der Waals surface area (Å²) in [6.45, 7) is 7.79. The zero-order valence-corrected chi connectivity index (χ0v) is 19.7. The number of hydrogen-bond donors (Lipinski definition) is 1. The number of rotatable bonds is 13. The quantitative estimate of drug-likeness (QED) is 0.481. The highest BCUT2D eigenvalue weighted by Gasteiger charge is 2.31. The molecule has 0 radical (unpaired) electrons. The largest absolute Gasteiger partial charge is 0.497 e. The fourth-order valence-electron chi connectivity index (χ4n) is 3.43. The molecule has 1 N–H and O–H groups in total. The molecule has 6 heteroatoms. The molecule has 0 spiro atoms. The van der Waals surface area contributed by atoms with Gasteiger partial charge in [0.05, 0.1) is 7.11 Å². The minimum atomic E-state index is -0.610. The molecule has 0 unspecified atom stereocenters. The first-order valence-corrected chi connectivity index (χ1v) is 11.3. The number of amides is 2. The molecular formula is C26H36N2O4. The Morgan fingerprint density at radius 3 is 2.28 bits per heavy atom. The molecule has 0 aromatic heterocycles. The minimum absolute atomic E-state index is 0.0498. The topological polar surface area (TPSA) is 67.9 Å². The average molecular weight is 441 g/mol. The molecule has 0 saturated heterocycles. The Labute approximate surface area is 191 Å². The molecule has 0 aliphatic heterocycles. The highest BCUT2D eigenvalue weighted by molar-refractivity contribution is 5.88. The number of nitrogens with one attached hydrogen (secondary N) is 1. The van der Waals surface area contributed by atoms with Crippen molar-refractivity contribution in [2.45, 2.75) is 46.2 Å². The van der Waals surface area contributed by atoms with Gasteiger partial charge in [-0.25, -0.2) is 0 Å². The number of benzene rings is 2. The van der Waals surface area contributed by atoms with E-state index in [1.807, 2.05) is 75.4 Å². The molecule has 2 aromatic carbocycles. The lowest BCUT2D eigenvalue weighted by atomic mass is 10.0. The van der Waals surface area contributed by atoms with Crippen molar-refractivity contribution >= 4 is 11.8 Å². The Morgan fingerprint density at radius 2 is 1.69 bits per heavy atom. The SMILES string of the molecule is CCOCCCNC(=O)[C@@H](Cc1ccccc1)N(Cc1ccc(OC)cc1)C(=O)C(C)C. The van der Waals surface area contributed by atoms with E-state index in [9.17, 15) is 9.59 Å². The van der Waals surface area contributed by atoms with Gasteiger partial charge in [0.2, 0.25) is 11.8 Å². The lowest BCUT2D eigenvalue weighted by molar-refractivity contribution is -0.143. The number of carbonyl (C=O) groups excluding carboxylic acids is 2. The van der Waals surface area contributed by atoms with Gasteiger partial charge in [0, 0.05) is 38.6 Å². The van der Waals surface area contributed by atoms with Gasteiger partial charge in [0.15, 0.2) is 0 Å². The second kappa shape index (κ2) is 13.5. The molecule has 0 aliphatic carbocycles. The summed E-state index contributed by atoms with van der Waals surface area (Å²) in [6.07, 6.45) is 1.18. The molecule has 32 heavy (non-hydrogen) atoms. The first-order chi connectivity index (χ1) is 15.5. The van der Waals surface area contributed by atoms with Gasteiger partial charge >= 0.3 is 0 Å². The Hall–Kier alpha value is -2.86. The highest BCUT2D eigenvalue weighted by atomic mass is 16.5. The van der Waals surface area contributed by atoms with E-state index in [1.165, 1.54) is 0 Å². The number of ether oxygens (including phenoxy) is 2. The van der Waals surface area contributed by atoms with Crippen molar-refractivity contribution in [3.8, 4) is 5.75 Å². The van der Waals surface area contributed by atoms with Gasteiger partial charge in [0.25, 0.3) is 0 Å². The van der Waals surface area contributed by atoms with Crippen LogP contribution < -0.4 is 10.1 Å². The van der Waals surface area contributed by atoms with E-state index in [0.29, 0.717) is 32.7 Å². The summed E-state index contributed by atoms with van der Waals surface area (Å²) >= 11 is 0. The molecule has 174 valence electrons. The Morgan fingerprint density at radius 1 is 1.00 bits per heavy atom. The van der Waals surface area contributed by atoms with Crippen LogP contribution in [-0.4, -0.2) is 49.6 Å². The summed E-state index contributed by atoms with van der Waals surface area (Å²) < 4.78 is 10.6. The number of hydrogen-bond acceptors (Lipinski definition) is 4. The van der Waals surface area contributed by atoms with Crippen LogP contribution in [0.2, 0.25) is 0 Å². The summed E-state index contributed by atoms with van der Waals surface area (Å²) in [4.78, 5) is 28.2. The van der Waals surface area contributed by atoms with Crippen molar-refractivity contribution < 1.29 is 19.1 Å². The lowest BCUT2D eigenvalue weighted by Crippen LogP contribution is -2.51. The van der Waals surface area contributed by atoms with Crippen molar-refractivity contribution in [3.05, 3.63) is 65.7 Å². The number of methoxy groups -OCH3 is 1. The predicted molar refractivity (Wildman–Crippen MR) is 126 cm³/mol. The first-order valence-electron chi connectivity index (χ1n) is 11.3. The summed E-state index contributed by atoms with van der Waals surface area (Å²) in [7, 11) is 1.62. The number of nitrogens with zero attached hydrogens (tertiary/aromatic N) is 1. The van der Waals surface area contributed by atoms with Crippen LogP contribution in [0, 0.1) is 5.92 Å². The molecule has 0 aliphatic rings. The van der Waals surface area contributed by atoms with Crippen LogP contribution in [0.1, 0.15) is 38.3 Å². The number of carbonyl (C=O) groups is 2. The van der Waals surface area contributed by atoms with Gasteiger partial charge in [-0.15, -0.1) is 0 Å². The molecule has 0 bridgehead atoms. The van der Waals surface area contributed by atoms with E-state index in [4.69, 9.17) is 9.47 Å². The molecule has 2 amide bonds. The van der Waals surface area contributed by atoms with Gasteiger partial charge in [-0.2, -0.15) is 0 Å². The van der Waals surface area contributed by atoms with Crippen LogP contribution in [-0.2, 0) is 27.3 Å². The molecule has 0 heterocycles. The van der Waals surface area contributed by atoms with E-state index in [2.05, 4.69) is 5.32 Å². The maximum atomic E-state index is 13.3. The van der Waals surface area contributed by atoms with E-state index in [1.54, 1.807) is 12.0 Å². The summed E-state index contributed by atoms with van der Waals surface area (Å²) in [5.41, 5.74) is 1.96. The monoisotopic (exact) mass is 440 g/mol. The third-order valence-corrected chi connectivity index (χ3v) is 5.21. The average Bonchev–Trinajstić information content (AvgIpc) is 2.81. The van der Waals surface area contributed by atoms with Gasteiger partial charge in [-0.3, -0.25) is 9.59 Å². The summed E-state index contributed by atoms with van der Waals surface area (Å²) in [5, 5.41) is 3.01. The molecule has 1 atom stereocenters. The maximum Gasteiger partial charge on any atom is 0.243 e. The second-order valence-corrected chi connectivity index (χ2v) is 8.02. The van der Waals surface area contributed by atoms with Gasteiger partial charge in [-0.05, 0) is 36.6 Å². The molecular weight excluding hydrogens is 404 g/mol. The predicted octanol–water partition coefficient (Wildman–Crippen LogP) is 3.83. The lowest BCUT2D eigenvalue weighted by Gasteiger charge is -2.33. The van der Waals surface area contributed by atoms with Crippen LogP contribution in [0.4, 0.5) is 0 Å². The standard InChI is InChI=1S/C26H36N2O4/c1-5-32-17-9-16-27-25(29)24(18-21-10-7-6-8-11-21)28(26(30)20(2)3)19-22-12-14-23(31-4)15-13-22/h6-8,10-15,20,24H,5,9,16-19H2,1-4H3,(H,27,29)/t24-/m1/s1.